The summed E-state index contributed by atoms with van der Waals surface area (Å²) in [4.78, 5) is 3.85. The molecule has 0 aliphatic heterocycles. The van der Waals surface area contributed by atoms with Gasteiger partial charge in [-0.1, -0.05) is 17.7 Å². The molecule has 6 nitrogen and oxygen atoms in total. The highest BCUT2D eigenvalue weighted by Gasteiger charge is 2.05. The van der Waals surface area contributed by atoms with Crippen LogP contribution < -0.4 is 5.32 Å². The van der Waals surface area contributed by atoms with Crippen LogP contribution in [0.3, 0.4) is 0 Å². The number of halogens is 1. The number of methoxy groups -OCH3 is 1. The molecule has 1 aromatic heterocycles. The van der Waals surface area contributed by atoms with E-state index < -0.39 is 0 Å². The second-order valence-corrected chi connectivity index (χ2v) is 4.48. The van der Waals surface area contributed by atoms with Crippen molar-refractivity contribution >= 4 is 11.6 Å². The third-order valence-corrected chi connectivity index (χ3v) is 3.04. The topological polar surface area (TPSA) is 75.8 Å². The fraction of sp³-hybridized carbons (Fsp3) is 0.308. The van der Waals surface area contributed by atoms with Gasteiger partial charge in [-0.2, -0.15) is 5.26 Å². The highest BCUT2D eigenvalue weighted by molar-refractivity contribution is 6.31. The van der Waals surface area contributed by atoms with E-state index in [1.165, 1.54) is 11.0 Å². The van der Waals surface area contributed by atoms with E-state index in [0.29, 0.717) is 18.2 Å². The Labute approximate surface area is 121 Å². The molecular weight excluding hydrogens is 278 g/mol. The molecule has 0 amide bonds. The van der Waals surface area contributed by atoms with E-state index in [1.807, 2.05) is 18.2 Å². The van der Waals surface area contributed by atoms with Gasteiger partial charge in [-0.15, -0.1) is 5.10 Å². The van der Waals surface area contributed by atoms with Crippen molar-refractivity contribution in [2.24, 2.45) is 0 Å². The predicted molar refractivity (Wildman–Crippen MR) is 74.7 cm³/mol. The fourth-order valence-corrected chi connectivity index (χ4v) is 1.90. The summed E-state index contributed by atoms with van der Waals surface area (Å²) in [5, 5.41) is 16.6. The number of nitrogens with one attached hydrogen (secondary N) is 1. The van der Waals surface area contributed by atoms with Crippen molar-refractivity contribution in [1.29, 1.82) is 5.26 Å². The first kappa shape index (κ1) is 14.5. The summed E-state index contributed by atoms with van der Waals surface area (Å²) < 4.78 is 6.48. The maximum Gasteiger partial charge on any atom is 0.252 e. The lowest BCUT2D eigenvalue weighted by molar-refractivity contribution is 0.199. The number of rotatable bonds is 6. The van der Waals surface area contributed by atoms with Crippen LogP contribution in [0.15, 0.2) is 24.5 Å². The van der Waals surface area contributed by atoms with Crippen molar-refractivity contribution < 1.29 is 4.74 Å². The molecule has 0 saturated carbocycles. The number of benzene rings is 1. The lowest BCUT2D eigenvalue weighted by atomic mass is 10.2. The zero-order valence-corrected chi connectivity index (χ0v) is 11.8. The highest BCUT2D eigenvalue weighted by Crippen LogP contribution is 2.19. The minimum atomic E-state index is 0.131. The van der Waals surface area contributed by atoms with Gasteiger partial charge >= 0.3 is 0 Å². The molecule has 104 valence electrons. The number of ether oxygens (including phenoxy) is 1. The van der Waals surface area contributed by atoms with Crippen LogP contribution in [-0.2, 0) is 11.3 Å². The van der Waals surface area contributed by atoms with Gasteiger partial charge in [0.1, 0.15) is 12.4 Å². The van der Waals surface area contributed by atoms with E-state index in [1.54, 1.807) is 13.2 Å². The third-order valence-electron chi connectivity index (χ3n) is 2.69. The molecule has 1 N–H and O–H groups in total. The first-order chi connectivity index (χ1) is 9.74. The van der Waals surface area contributed by atoms with Gasteiger partial charge < -0.3 is 10.1 Å². The van der Waals surface area contributed by atoms with Crippen LogP contribution in [0, 0.1) is 11.3 Å². The summed E-state index contributed by atoms with van der Waals surface area (Å²) in [7, 11) is 1.66. The van der Waals surface area contributed by atoms with Gasteiger partial charge in [-0.25, -0.2) is 9.67 Å². The monoisotopic (exact) mass is 291 g/mol. The van der Waals surface area contributed by atoms with Crippen LogP contribution in [-0.4, -0.2) is 35.0 Å². The van der Waals surface area contributed by atoms with Crippen LogP contribution in [0.25, 0.3) is 5.69 Å². The van der Waals surface area contributed by atoms with Crippen LogP contribution >= 0.6 is 11.6 Å². The van der Waals surface area contributed by atoms with Crippen molar-refractivity contribution in [1.82, 2.24) is 20.1 Å². The van der Waals surface area contributed by atoms with Gasteiger partial charge in [0, 0.05) is 25.2 Å². The first-order valence-corrected chi connectivity index (χ1v) is 6.42. The second kappa shape index (κ2) is 7.01. The van der Waals surface area contributed by atoms with Crippen molar-refractivity contribution in [3.63, 3.8) is 0 Å². The third kappa shape index (κ3) is 3.54. The molecule has 0 saturated heterocycles. The highest BCUT2D eigenvalue weighted by atomic mass is 35.5. The number of nitriles is 1. The molecule has 0 bridgehead atoms. The molecule has 0 atom stereocenters. The Kier molecular flexibility index (Phi) is 5.07. The van der Waals surface area contributed by atoms with Gasteiger partial charge in [0.05, 0.1) is 12.3 Å². The fourth-order valence-electron chi connectivity index (χ4n) is 1.66. The molecule has 1 aromatic carbocycles. The number of aromatic nitrogens is 3. The van der Waals surface area contributed by atoms with Crippen molar-refractivity contribution in [3.8, 4) is 11.8 Å². The maximum absolute atomic E-state index is 8.70. The van der Waals surface area contributed by atoms with E-state index in [0.717, 1.165) is 17.8 Å². The summed E-state index contributed by atoms with van der Waals surface area (Å²) in [6.07, 6.45) is 1.49. The molecule has 0 unspecified atom stereocenters. The summed E-state index contributed by atoms with van der Waals surface area (Å²) >= 11 is 6.23. The van der Waals surface area contributed by atoms with Crippen molar-refractivity contribution in [2.75, 3.05) is 20.3 Å². The number of hydrogen-bond donors (Lipinski definition) is 1. The van der Waals surface area contributed by atoms with E-state index in [9.17, 15) is 0 Å². The van der Waals surface area contributed by atoms with Crippen molar-refractivity contribution in [3.05, 3.63) is 40.9 Å². The molecule has 20 heavy (non-hydrogen) atoms. The Bertz CT molecular complexity index is 619. The van der Waals surface area contributed by atoms with Gasteiger partial charge in [-0.3, -0.25) is 0 Å². The van der Waals surface area contributed by atoms with Crippen LogP contribution in [0.5, 0.6) is 0 Å². The molecule has 7 heteroatoms. The summed E-state index contributed by atoms with van der Waals surface area (Å²) in [5.74, 6) is 0.131. The standard InChI is InChI=1S/C13H14ClN5O/c1-20-5-4-16-8-10-2-3-11(6-12(10)14)19-9-17-13(7-15)18-19/h2-3,6,9,16H,4-5,8H2,1H3. The van der Waals surface area contributed by atoms with Crippen LogP contribution in [0.4, 0.5) is 0 Å². The Morgan fingerprint density at radius 3 is 3.00 bits per heavy atom. The van der Waals surface area contributed by atoms with Gasteiger partial charge in [0.2, 0.25) is 0 Å². The van der Waals surface area contributed by atoms with E-state index in [-0.39, 0.29) is 5.82 Å². The van der Waals surface area contributed by atoms with E-state index in [2.05, 4.69) is 15.4 Å². The SMILES string of the molecule is COCCNCc1ccc(-n2cnc(C#N)n2)cc1Cl. The van der Waals surface area contributed by atoms with E-state index in [4.69, 9.17) is 21.6 Å². The smallest absolute Gasteiger partial charge is 0.252 e. The molecule has 0 aliphatic carbocycles. The number of hydrogen-bond acceptors (Lipinski definition) is 5. The molecule has 2 aromatic rings. The molecule has 0 spiro atoms. The second-order valence-electron chi connectivity index (χ2n) is 4.07. The Morgan fingerprint density at radius 2 is 2.35 bits per heavy atom. The van der Waals surface area contributed by atoms with Crippen LogP contribution in [0.2, 0.25) is 5.02 Å². The molecular formula is C13H14ClN5O. The summed E-state index contributed by atoms with van der Waals surface area (Å²) in [5.41, 5.74) is 1.76. The van der Waals surface area contributed by atoms with Crippen LogP contribution in [0.1, 0.15) is 11.4 Å². The first-order valence-electron chi connectivity index (χ1n) is 6.05. The Morgan fingerprint density at radius 1 is 1.50 bits per heavy atom. The summed E-state index contributed by atoms with van der Waals surface area (Å²) in [6, 6.07) is 7.49. The number of nitrogens with zero attached hydrogens (tertiary/aromatic N) is 4. The largest absolute Gasteiger partial charge is 0.383 e. The minimum absolute atomic E-state index is 0.131. The molecule has 2 rings (SSSR count). The zero-order chi connectivity index (χ0) is 14.4. The molecule has 0 fully saturated rings. The lowest BCUT2D eigenvalue weighted by Crippen LogP contribution is -2.18. The maximum atomic E-state index is 8.70. The average Bonchev–Trinajstić information content (AvgIpc) is 2.94. The summed E-state index contributed by atoms with van der Waals surface area (Å²) in [6.45, 7) is 2.10. The van der Waals surface area contributed by atoms with Gasteiger partial charge in [-0.05, 0) is 17.7 Å². The average molecular weight is 292 g/mol. The Hall–Kier alpha value is -1.94. The van der Waals surface area contributed by atoms with E-state index >= 15 is 0 Å². The molecule has 1 heterocycles. The molecule has 0 radical (unpaired) electrons. The normalized spacial score (nSPS) is 10.4. The van der Waals surface area contributed by atoms with Crippen molar-refractivity contribution in [2.45, 2.75) is 6.54 Å². The lowest BCUT2D eigenvalue weighted by Gasteiger charge is -2.08. The minimum Gasteiger partial charge on any atom is -0.383 e. The predicted octanol–water partition coefficient (Wildman–Crippen LogP) is 1.53. The van der Waals surface area contributed by atoms with Gasteiger partial charge in [0.15, 0.2) is 0 Å². The quantitative estimate of drug-likeness (QED) is 0.817. The zero-order valence-electron chi connectivity index (χ0n) is 11.0. The van der Waals surface area contributed by atoms with Gasteiger partial charge in [0.25, 0.3) is 5.82 Å². The Balaban J connectivity index is 2.07. The molecule has 0 aliphatic rings.